The quantitative estimate of drug-likeness (QED) is 0.374. The van der Waals surface area contributed by atoms with E-state index in [-0.39, 0.29) is 12.5 Å². The Morgan fingerprint density at radius 1 is 1.27 bits per heavy atom. The van der Waals surface area contributed by atoms with Gasteiger partial charge in [-0.05, 0) is 0 Å². The number of alkyl halides is 4. The van der Waals surface area contributed by atoms with Crippen LogP contribution in [-0.4, -0.2) is 25.3 Å². The zero-order valence-electron chi connectivity index (χ0n) is 5.70. The molecule has 0 aliphatic rings. The van der Waals surface area contributed by atoms with E-state index < -0.39 is 12.8 Å². The van der Waals surface area contributed by atoms with Crippen LogP contribution in [0.3, 0.4) is 0 Å². The first-order valence-corrected chi connectivity index (χ1v) is 3.45. The lowest BCUT2D eigenvalue weighted by Gasteiger charge is -2.04. The van der Waals surface area contributed by atoms with Gasteiger partial charge >= 0.3 is 6.18 Å². The average molecular weight is 189 g/mol. The maximum Gasteiger partial charge on any atom is 0.411 e. The van der Waals surface area contributed by atoms with Gasteiger partial charge in [-0.2, -0.15) is 13.2 Å². The lowest BCUT2D eigenvalue weighted by Crippen LogP contribution is -2.16. The maximum atomic E-state index is 11.4. The number of hydrogen-bond donors (Lipinski definition) is 0. The highest BCUT2D eigenvalue weighted by atomic mass is 35.5. The van der Waals surface area contributed by atoms with Gasteiger partial charge in [-0.25, -0.2) is 0 Å². The maximum absolute atomic E-state index is 11.4. The Kier molecular flexibility index (Phi) is 5.32. The standard InChI is InChI=1S/C6H8ClF3O/c7-3-1-2-4-11-5-6(8,9)10/h1-2H,3-5H2. The molecule has 0 aromatic heterocycles. The van der Waals surface area contributed by atoms with E-state index in [4.69, 9.17) is 11.6 Å². The lowest BCUT2D eigenvalue weighted by molar-refractivity contribution is -0.171. The van der Waals surface area contributed by atoms with Crippen molar-refractivity contribution in [3.63, 3.8) is 0 Å². The fourth-order valence-corrected chi connectivity index (χ4v) is 0.500. The predicted octanol–water partition coefficient (Wildman–Crippen LogP) is 2.36. The highest BCUT2D eigenvalue weighted by Gasteiger charge is 2.26. The van der Waals surface area contributed by atoms with Crippen molar-refractivity contribution in [3.8, 4) is 0 Å². The zero-order valence-corrected chi connectivity index (χ0v) is 6.45. The van der Waals surface area contributed by atoms with Crippen LogP contribution in [0, 0.1) is 0 Å². The molecule has 0 unspecified atom stereocenters. The van der Waals surface area contributed by atoms with E-state index in [0.717, 1.165) is 0 Å². The number of hydrogen-bond acceptors (Lipinski definition) is 1. The molecule has 0 radical (unpaired) electrons. The van der Waals surface area contributed by atoms with E-state index in [1.807, 2.05) is 0 Å². The molecule has 1 nitrogen and oxygen atoms in total. The highest BCUT2D eigenvalue weighted by molar-refractivity contribution is 6.18. The van der Waals surface area contributed by atoms with Gasteiger partial charge in [-0.15, -0.1) is 11.6 Å². The van der Waals surface area contributed by atoms with Crippen LogP contribution in [-0.2, 0) is 4.74 Å². The smallest absolute Gasteiger partial charge is 0.368 e. The van der Waals surface area contributed by atoms with Gasteiger partial charge in [0.2, 0.25) is 0 Å². The summed E-state index contributed by atoms with van der Waals surface area (Å²) in [6.07, 6.45) is -1.27. The molecule has 0 amide bonds. The molecule has 0 N–H and O–H groups in total. The minimum Gasteiger partial charge on any atom is -0.368 e. The van der Waals surface area contributed by atoms with Gasteiger partial charge < -0.3 is 4.74 Å². The van der Waals surface area contributed by atoms with Crippen LogP contribution >= 0.6 is 11.6 Å². The molecule has 5 heteroatoms. The lowest BCUT2D eigenvalue weighted by atomic mass is 10.5. The molecule has 0 aromatic carbocycles. The van der Waals surface area contributed by atoms with E-state index >= 15 is 0 Å². The zero-order chi connectivity index (χ0) is 8.74. The predicted molar refractivity (Wildman–Crippen MR) is 36.7 cm³/mol. The molecule has 0 atom stereocenters. The minimum absolute atomic E-state index is 0.0494. The van der Waals surface area contributed by atoms with Crippen LogP contribution in [0.5, 0.6) is 0 Å². The van der Waals surface area contributed by atoms with Crippen molar-refractivity contribution in [2.75, 3.05) is 19.1 Å². The topological polar surface area (TPSA) is 9.23 Å². The summed E-state index contributed by atoms with van der Waals surface area (Å²) in [5.74, 6) is 0.287. The van der Waals surface area contributed by atoms with Crippen molar-refractivity contribution in [2.24, 2.45) is 0 Å². The summed E-state index contributed by atoms with van der Waals surface area (Å²) in [6.45, 7) is -1.26. The first kappa shape index (κ1) is 10.8. The number of halogens is 4. The molecule has 0 saturated heterocycles. The van der Waals surface area contributed by atoms with Gasteiger partial charge in [0.05, 0.1) is 6.61 Å². The van der Waals surface area contributed by atoms with Gasteiger partial charge in [-0.3, -0.25) is 0 Å². The third-order valence-electron chi connectivity index (χ3n) is 0.736. The van der Waals surface area contributed by atoms with Crippen molar-refractivity contribution in [2.45, 2.75) is 6.18 Å². The first-order chi connectivity index (χ1) is 5.06. The van der Waals surface area contributed by atoms with Crippen LogP contribution in [0.4, 0.5) is 13.2 Å². The second-order valence-corrected chi connectivity index (χ2v) is 2.06. The highest BCUT2D eigenvalue weighted by Crippen LogP contribution is 2.13. The number of rotatable bonds is 4. The van der Waals surface area contributed by atoms with Gasteiger partial charge in [0.1, 0.15) is 6.61 Å². The van der Waals surface area contributed by atoms with Crippen LogP contribution in [0.1, 0.15) is 0 Å². The third-order valence-corrected chi connectivity index (χ3v) is 0.914. The minimum atomic E-state index is -4.24. The Balaban J connectivity index is 3.21. The molecule has 0 fully saturated rings. The van der Waals surface area contributed by atoms with E-state index in [9.17, 15) is 13.2 Å². The second-order valence-electron chi connectivity index (χ2n) is 1.76. The van der Waals surface area contributed by atoms with Crippen LogP contribution in [0.15, 0.2) is 12.2 Å². The Bertz CT molecular complexity index is 121. The van der Waals surface area contributed by atoms with Gasteiger partial charge in [0.15, 0.2) is 0 Å². The number of ether oxygens (including phenoxy) is 1. The Labute approximate surface area is 67.8 Å². The van der Waals surface area contributed by atoms with Crippen molar-refractivity contribution in [1.29, 1.82) is 0 Å². The molecule has 0 saturated carbocycles. The summed E-state index contributed by atoms with van der Waals surface area (Å²) >= 11 is 5.21. The molecule has 0 rings (SSSR count). The van der Waals surface area contributed by atoms with Crippen LogP contribution in [0.25, 0.3) is 0 Å². The van der Waals surface area contributed by atoms with E-state index in [2.05, 4.69) is 4.74 Å². The average Bonchev–Trinajstić information content (AvgIpc) is 1.85. The first-order valence-electron chi connectivity index (χ1n) is 2.91. The fraction of sp³-hybridized carbons (Fsp3) is 0.667. The van der Waals surface area contributed by atoms with Gasteiger partial charge in [0, 0.05) is 5.88 Å². The molecular weight excluding hydrogens is 181 g/mol. The SMILES string of the molecule is FC(F)(F)COCC=CCCl. The van der Waals surface area contributed by atoms with Crippen molar-refractivity contribution < 1.29 is 17.9 Å². The van der Waals surface area contributed by atoms with Crippen molar-refractivity contribution in [1.82, 2.24) is 0 Å². The summed E-state index contributed by atoms with van der Waals surface area (Å²) in [5, 5.41) is 0. The monoisotopic (exact) mass is 188 g/mol. The van der Waals surface area contributed by atoms with Crippen LogP contribution in [0.2, 0.25) is 0 Å². The molecule has 0 aliphatic heterocycles. The summed E-state index contributed by atoms with van der Waals surface area (Å²) in [5.41, 5.74) is 0. The van der Waals surface area contributed by atoms with Gasteiger partial charge in [0.25, 0.3) is 0 Å². The largest absolute Gasteiger partial charge is 0.411 e. The van der Waals surface area contributed by atoms with E-state index in [1.54, 1.807) is 0 Å². The normalized spacial score (nSPS) is 12.7. The Morgan fingerprint density at radius 3 is 2.36 bits per heavy atom. The Hall–Kier alpha value is -0.220. The molecular formula is C6H8ClF3O. The number of allylic oxidation sites excluding steroid dienone is 1. The Morgan fingerprint density at radius 2 is 1.91 bits per heavy atom. The molecule has 0 heterocycles. The summed E-state index contributed by atoms with van der Waals surface area (Å²) in [7, 11) is 0. The molecule has 0 bridgehead atoms. The van der Waals surface area contributed by atoms with Crippen molar-refractivity contribution in [3.05, 3.63) is 12.2 Å². The summed E-state index contributed by atoms with van der Waals surface area (Å²) in [4.78, 5) is 0. The van der Waals surface area contributed by atoms with E-state index in [1.165, 1.54) is 12.2 Å². The summed E-state index contributed by atoms with van der Waals surface area (Å²) < 4.78 is 38.4. The fourth-order valence-electron chi connectivity index (χ4n) is 0.374. The molecule has 11 heavy (non-hydrogen) atoms. The third kappa shape index (κ3) is 9.78. The van der Waals surface area contributed by atoms with Gasteiger partial charge in [-0.1, -0.05) is 12.2 Å². The molecule has 0 aromatic rings. The molecule has 0 aliphatic carbocycles. The van der Waals surface area contributed by atoms with Crippen molar-refractivity contribution >= 4 is 11.6 Å². The second kappa shape index (κ2) is 5.43. The molecule has 66 valence electrons. The summed E-state index contributed by atoms with van der Waals surface area (Å²) in [6, 6.07) is 0. The molecule has 0 spiro atoms. The van der Waals surface area contributed by atoms with E-state index in [0.29, 0.717) is 0 Å². The van der Waals surface area contributed by atoms with Crippen LogP contribution < -0.4 is 0 Å².